The zero-order valence-electron chi connectivity index (χ0n) is 18.4. The summed E-state index contributed by atoms with van der Waals surface area (Å²) in [6.45, 7) is 2.53. The predicted octanol–water partition coefficient (Wildman–Crippen LogP) is 3.73. The van der Waals surface area contributed by atoms with E-state index in [4.69, 9.17) is 0 Å². The van der Waals surface area contributed by atoms with Gasteiger partial charge in [-0.25, -0.2) is 4.68 Å². The van der Waals surface area contributed by atoms with Crippen LogP contribution in [0, 0.1) is 23.2 Å². The first kappa shape index (κ1) is 21.6. The van der Waals surface area contributed by atoms with Crippen LogP contribution in [0.2, 0.25) is 0 Å². The molecule has 1 unspecified atom stereocenters. The summed E-state index contributed by atoms with van der Waals surface area (Å²) in [4.78, 5) is 29.1. The molecule has 0 radical (unpaired) electrons. The Morgan fingerprint density at radius 2 is 1.81 bits per heavy atom. The summed E-state index contributed by atoms with van der Waals surface area (Å²) >= 11 is 3.46. The second kappa shape index (κ2) is 8.61. The summed E-state index contributed by atoms with van der Waals surface area (Å²) in [7, 11) is 0. The SMILES string of the molecule is CC(Nc1cnn(CC(=O)NCc2ccncc2)c(=O)c1Br)C12CC3CC(CC(C3)C1)C2. The fourth-order valence-corrected chi connectivity index (χ4v) is 7.09. The molecule has 0 aromatic carbocycles. The van der Waals surface area contributed by atoms with Crippen molar-refractivity contribution in [1.29, 1.82) is 0 Å². The molecule has 1 atom stereocenters. The average Bonchev–Trinajstić information content (AvgIpc) is 2.77. The molecule has 4 aliphatic carbocycles. The van der Waals surface area contributed by atoms with Crippen molar-refractivity contribution < 1.29 is 4.79 Å². The van der Waals surface area contributed by atoms with Crippen LogP contribution in [-0.2, 0) is 17.9 Å². The highest BCUT2D eigenvalue weighted by Gasteiger charge is 2.53. The molecule has 8 heteroatoms. The van der Waals surface area contributed by atoms with Crippen LogP contribution in [0.4, 0.5) is 5.69 Å². The maximum Gasteiger partial charge on any atom is 0.283 e. The van der Waals surface area contributed by atoms with Crippen molar-refractivity contribution in [3.8, 4) is 0 Å². The van der Waals surface area contributed by atoms with Crippen molar-refractivity contribution in [2.75, 3.05) is 5.32 Å². The molecule has 2 N–H and O–H groups in total. The summed E-state index contributed by atoms with van der Waals surface area (Å²) < 4.78 is 1.64. The van der Waals surface area contributed by atoms with Gasteiger partial charge in [0.05, 0.1) is 11.9 Å². The van der Waals surface area contributed by atoms with E-state index in [9.17, 15) is 9.59 Å². The summed E-state index contributed by atoms with van der Waals surface area (Å²) in [6.07, 6.45) is 13.2. The van der Waals surface area contributed by atoms with Crippen molar-refractivity contribution in [3.05, 3.63) is 51.1 Å². The van der Waals surface area contributed by atoms with E-state index in [1.807, 2.05) is 12.1 Å². The average molecular weight is 500 g/mol. The maximum atomic E-state index is 12.9. The minimum Gasteiger partial charge on any atom is -0.380 e. The molecule has 2 heterocycles. The first-order valence-electron chi connectivity index (χ1n) is 11.6. The highest BCUT2D eigenvalue weighted by Crippen LogP contribution is 2.61. The van der Waals surface area contributed by atoms with Crippen molar-refractivity contribution in [3.63, 3.8) is 0 Å². The van der Waals surface area contributed by atoms with Crippen LogP contribution in [0.15, 0.2) is 40.0 Å². The predicted molar refractivity (Wildman–Crippen MR) is 126 cm³/mol. The summed E-state index contributed by atoms with van der Waals surface area (Å²) in [5.74, 6) is 2.38. The molecule has 1 amide bonds. The number of halogens is 1. The number of nitrogens with one attached hydrogen (secondary N) is 2. The highest BCUT2D eigenvalue weighted by molar-refractivity contribution is 9.10. The number of carbonyl (C=O) groups excluding carboxylic acids is 1. The first-order chi connectivity index (χ1) is 15.4. The third-order valence-electron chi connectivity index (χ3n) is 7.89. The van der Waals surface area contributed by atoms with Gasteiger partial charge >= 0.3 is 0 Å². The van der Waals surface area contributed by atoms with Crippen molar-refractivity contribution in [1.82, 2.24) is 20.1 Å². The fourth-order valence-electron chi connectivity index (χ4n) is 6.67. The van der Waals surface area contributed by atoms with Gasteiger partial charge in [-0.05, 0) is 102 Å². The number of hydrogen-bond acceptors (Lipinski definition) is 5. The summed E-state index contributed by atoms with van der Waals surface area (Å²) in [6, 6.07) is 3.97. The lowest BCUT2D eigenvalue weighted by Crippen LogP contribution is -2.53. The summed E-state index contributed by atoms with van der Waals surface area (Å²) in [5, 5.41) is 10.7. The molecule has 0 spiro atoms. The monoisotopic (exact) mass is 499 g/mol. The molecule has 170 valence electrons. The van der Waals surface area contributed by atoms with E-state index in [1.165, 1.54) is 43.2 Å². The van der Waals surface area contributed by atoms with Crippen LogP contribution in [0.5, 0.6) is 0 Å². The minimum absolute atomic E-state index is 0.118. The molecule has 4 saturated carbocycles. The van der Waals surface area contributed by atoms with E-state index < -0.39 is 0 Å². The lowest BCUT2D eigenvalue weighted by Gasteiger charge is -2.59. The van der Waals surface area contributed by atoms with Crippen molar-refractivity contribution >= 4 is 27.5 Å². The van der Waals surface area contributed by atoms with Crippen LogP contribution in [0.1, 0.15) is 51.0 Å². The first-order valence-corrected chi connectivity index (χ1v) is 12.4. The number of aromatic nitrogens is 3. The Morgan fingerprint density at radius 1 is 1.19 bits per heavy atom. The number of hydrogen-bond donors (Lipinski definition) is 2. The normalized spacial score (nSPS) is 29.0. The zero-order valence-corrected chi connectivity index (χ0v) is 20.0. The Balaban J connectivity index is 1.24. The number of anilines is 1. The molecule has 2 aromatic rings. The van der Waals surface area contributed by atoms with Gasteiger partial charge in [0.1, 0.15) is 11.0 Å². The van der Waals surface area contributed by atoms with E-state index in [-0.39, 0.29) is 24.1 Å². The van der Waals surface area contributed by atoms with E-state index in [1.54, 1.807) is 18.6 Å². The van der Waals surface area contributed by atoms with Crippen molar-refractivity contribution in [2.45, 2.75) is 64.6 Å². The zero-order chi connectivity index (χ0) is 22.3. The molecule has 0 saturated heterocycles. The Bertz CT molecular complexity index is 1020. The minimum atomic E-state index is -0.299. The molecule has 4 bridgehead atoms. The number of amides is 1. The van der Waals surface area contributed by atoms with Gasteiger partial charge < -0.3 is 10.6 Å². The van der Waals surface area contributed by atoms with E-state index in [2.05, 4.69) is 43.6 Å². The Morgan fingerprint density at radius 3 is 2.44 bits per heavy atom. The lowest BCUT2D eigenvalue weighted by atomic mass is 9.48. The molecule has 7 nitrogen and oxygen atoms in total. The maximum absolute atomic E-state index is 12.9. The van der Waals surface area contributed by atoms with Gasteiger partial charge in [-0.3, -0.25) is 14.6 Å². The van der Waals surface area contributed by atoms with Gasteiger partial charge in [-0.15, -0.1) is 0 Å². The van der Waals surface area contributed by atoms with Crippen LogP contribution >= 0.6 is 15.9 Å². The molecular formula is C24H30BrN5O2. The summed E-state index contributed by atoms with van der Waals surface area (Å²) in [5.41, 5.74) is 1.70. The number of rotatable bonds is 7. The Labute approximate surface area is 196 Å². The van der Waals surface area contributed by atoms with Crippen LogP contribution in [0.3, 0.4) is 0 Å². The molecule has 2 aromatic heterocycles. The van der Waals surface area contributed by atoms with Crippen molar-refractivity contribution in [2.24, 2.45) is 23.2 Å². The second-order valence-corrected chi connectivity index (χ2v) is 10.9. The van der Waals surface area contributed by atoms with E-state index in [0.717, 1.165) is 23.3 Å². The number of nitrogens with zero attached hydrogens (tertiary/aromatic N) is 3. The molecule has 0 aliphatic heterocycles. The third-order valence-corrected chi connectivity index (χ3v) is 8.66. The lowest BCUT2D eigenvalue weighted by molar-refractivity contribution is -0.122. The third kappa shape index (κ3) is 4.21. The highest BCUT2D eigenvalue weighted by atomic mass is 79.9. The van der Waals surface area contributed by atoms with Gasteiger partial charge in [-0.2, -0.15) is 5.10 Å². The quantitative estimate of drug-likeness (QED) is 0.605. The molecule has 4 aliphatic rings. The smallest absolute Gasteiger partial charge is 0.283 e. The van der Waals surface area contributed by atoms with Crippen LogP contribution in [0.25, 0.3) is 0 Å². The topological polar surface area (TPSA) is 88.9 Å². The second-order valence-electron chi connectivity index (χ2n) is 10.1. The standard InChI is InChI=1S/C24H30BrN5O2/c1-15(24-9-17-6-18(10-24)8-19(7-17)11-24)29-20-13-28-30(23(32)22(20)25)14-21(31)27-12-16-2-4-26-5-3-16/h2-5,13,15,17-19,29H,6-12,14H2,1H3,(H,27,31). The Kier molecular flexibility index (Phi) is 5.82. The van der Waals surface area contributed by atoms with Gasteiger partial charge in [0.2, 0.25) is 5.91 Å². The van der Waals surface area contributed by atoms with Gasteiger partial charge in [0.25, 0.3) is 5.56 Å². The largest absolute Gasteiger partial charge is 0.380 e. The number of pyridine rings is 1. The Hall–Kier alpha value is -2.22. The van der Waals surface area contributed by atoms with Crippen LogP contribution in [-0.4, -0.2) is 26.7 Å². The fraction of sp³-hybridized carbons (Fsp3) is 0.583. The van der Waals surface area contributed by atoms with E-state index >= 15 is 0 Å². The van der Waals surface area contributed by atoms with Gasteiger partial charge in [0.15, 0.2) is 0 Å². The molecule has 32 heavy (non-hydrogen) atoms. The van der Waals surface area contributed by atoms with Gasteiger partial charge in [-0.1, -0.05) is 0 Å². The van der Waals surface area contributed by atoms with E-state index in [0.29, 0.717) is 22.1 Å². The van der Waals surface area contributed by atoms with Crippen LogP contribution < -0.4 is 16.2 Å². The molecule has 6 rings (SSSR count). The van der Waals surface area contributed by atoms with Gasteiger partial charge in [0, 0.05) is 25.0 Å². The molecular weight excluding hydrogens is 470 g/mol. The number of carbonyl (C=O) groups is 1. The molecule has 4 fully saturated rings.